The van der Waals surface area contributed by atoms with Gasteiger partial charge in [-0.15, -0.1) is 0 Å². The third kappa shape index (κ3) is 3.63. The lowest BCUT2D eigenvalue weighted by atomic mass is 10.1. The Morgan fingerprint density at radius 1 is 1.28 bits per heavy atom. The van der Waals surface area contributed by atoms with Gasteiger partial charge in [0.25, 0.3) is 0 Å². The minimum absolute atomic E-state index is 0.0599. The number of ketones is 1. The van der Waals surface area contributed by atoms with Crippen molar-refractivity contribution in [3.8, 4) is 0 Å². The van der Waals surface area contributed by atoms with E-state index in [9.17, 15) is 17.6 Å². The number of carbonyl (C=O) groups is 1. The average Bonchev–Trinajstić information content (AvgIpc) is 2.27. The first-order valence-electron chi connectivity index (χ1n) is 5.74. The van der Waals surface area contributed by atoms with Gasteiger partial charge in [0.15, 0.2) is 15.6 Å². The Morgan fingerprint density at radius 2 is 1.89 bits per heavy atom. The molecule has 0 N–H and O–H groups in total. The monoisotopic (exact) mass is 272 g/mol. The number of hydrogen-bond acceptors (Lipinski definition) is 3. The summed E-state index contributed by atoms with van der Waals surface area (Å²) in [6, 6.07) is 5.07. The first-order valence-corrected chi connectivity index (χ1v) is 7.46. The van der Waals surface area contributed by atoms with E-state index in [-0.39, 0.29) is 11.5 Å². The van der Waals surface area contributed by atoms with Crippen molar-refractivity contribution in [2.24, 2.45) is 5.92 Å². The number of sulfone groups is 1. The van der Waals surface area contributed by atoms with Gasteiger partial charge in [-0.3, -0.25) is 4.79 Å². The molecule has 0 saturated heterocycles. The van der Waals surface area contributed by atoms with Crippen LogP contribution in [0.3, 0.4) is 0 Å². The van der Waals surface area contributed by atoms with Crippen LogP contribution in [0.5, 0.6) is 0 Å². The summed E-state index contributed by atoms with van der Waals surface area (Å²) >= 11 is 0. The summed E-state index contributed by atoms with van der Waals surface area (Å²) in [5, 5.41) is -0.588. The van der Waals surface area contributed by atoms with Crippen LogP contribution in [0.4, 0.5) is 4.39 Å². The quantitative estimate of drug-likeness (QED) is 0.774. The summed E-state index contributed by atoms with van der Waals surface area (Å²) in [5.41, 5.74) is 0.0922. The van der Waals surface area contributed by atoms with Gasteiger partial charge in [0.05, 0.1) is 5.25 Å². The van der Waals surface area contributed by atoms with E-state index in [0.29, 0.717) is 0 Å². The van der Waals surface area contributed by atoms with Crippen molar-refractivity contribution in [1.82, 2.24) is 0 Å². The minimum Gasteiger partial charge on any atom is -0.293 e. The van der Waals surface area contributed by atoms with Crippen molar-refractivity contribution in [3.63, 3.8) is 0 Å². The van der Waals surface area contributed by atoms with Crippen LogP contribution in [0.15, 0.2) is 24.3 Å². The summed E-state index contributed by atoms with van der Waals surface area (Å²) in [5.74, 6) is -1.75. The molecule has 0 heterocycles. The maximum Gasteiger partial charge on any atom is 0.177 e. The maximum absolute atomic E-state index is 12.9. The van der Waals surface area contributed by atoms with Crippen molar-refractivity contribution in [3.05, 3.63) is 35.6 Å². The highest BCUT2D eigenvalue weighted by Gasteiger charge is 2.27. The van der Waals surface area contributed by atoms with E-state index in [1.54, 1.807) is 20.8 Å². The summed E-state index contributed by atoms with van der Waals surface area (Å²) in [4.78, 5) is 11.8. The van der Waals surface area contributed by atoms with Crippen LogP contribution >= 0.6 is 0 Å². The zero-order valence-corrected chi connectivity index (χ0v) is 11.5. The number of benzene rings is 1. The van der Waals surface area contributed by atoms with E-state index < -0.39 is 32.4 Å². The van der Waals surface area contributed by atoms with Crippen LogP contribution < -0.4 is 0 Å². The van der Waals surface area contributed by atoms with Gasteiger partial charge < -0.3 is 0 Å². The molecule has 0 fully saturated rings. The molecular weight excluding hydrogens is 255 g/mol. The number of Topliss-reactive ketones (excluding diaryl/α,β-unsaturated/α-hetero) is 1. The SMILES string of the molecule is CC(C)C(C)S(=O)(=O)CC(=O)c1cccc(F)c1. The molecule has 5 heteroatoms. The highest BCUT2D eigenvalue weighted by atomic mass is 32.2. The molecule has 18 heavy (non-hydrogen) atoms. The average molecular weight is 272 g/mol. The molecule has 1 atom stereocenters. The van der Waals surface area contributed by atoms with Gasteiger partial charge in [-0.25, -0.2) is 12.8 Å². The normalized spacial score (nSPS) is 13.6. The van der Waals surface area contributed by atoms with E-state index >= 15 is 0 Å². The molecule has 100 valence electrons. The summed E-state index contributed by atoms with van der Waals surface area (Å²) in [6.45, 7) is 5.16. The second kappa shape index (κ2) is 5.61. The molecule has 3 nitrogen and oxygen atoms in total. The maximum atomic E-state index is 12.9. The minimum atomic E-state index is -3.49. The molecule has 1 aromatic rings. The predicted octanol–water partition coefficient (Wildman–Crippen LogP) is 2.47. The van der Waals surface area contributed by atoms with Crippen molar-refractivity contribution >= 4 is 15.6 Å². The van der Waals surface area contributed by atoms with Gasteiger partial charge in [-0.05, 0) is 25.0 Å². The first kappa shape index (κ1) is 14.8. The van der Waals surface area contributed by atoms with Crippen molar-refractivity contribution in [2.45, 2.75) is 26.0 Å². The molecule has 0 aromatic heterocycles. The van der Waals surface area contributed by atoms with Gasteiger partial charge >= 0.3 is 0 Å². The lowest BCUT2D eigenvalue weighted by molar-refractivity contribution is 0.102. The Morgan fingerprint density at radius 3 is 2.39 bits per heavy atom. The molecule has 0 aliphatic carbocycles. The number of rotatable bonds is 5. The molecule has 0 amide bonds. The molecule has 1 unspecified atom stereocenters. The standard InChI is InChI=1S/C13H17FO3S/c1-9(2)10(3)18(16,17)8-13(15)11-5-4-6-12(14)7-11/h4-7,9-10H,8H2,1-3H3. The van der Waals surface area contributed by atoms with Gasteiger partial charge in [0.2, 0.25) is 0 Å². The van der Waals surface area contributed by atoms with Crippen LogP contribution in [0.25, 0.3) is 0 Å². The van der Waals surface area contributed by atoms with E-state index in [2.05, 4.69) is 0 Å². The molecule has 0 saturated carbocycles. The fourth-order valence-corrected chi connectivity index (χ4v) is 3.10. The van der Waals surface area contributed by atoms with E-state index in [4.69, 9.17) is 0 Å². The Kier molecular flexibility index (Phi) is 4.62. The van der Waals surface area contributed by atoms with Crippen molar-refractivity contribution in [1.29, 1.82) is 0 Å². The molecule has 0 bridgehead atoms. The van der Waals surface area contributed by atoms with Crippen LogP contribution in [0.1, 0.15) is 31.1 Å². The van der Waals surface area contributed by atoms with Gasteiger partial charge in [-0.2, -0.15) is 0 Å². The Hall–Kier alpha value is -1.23. The number of carbonyl (C=O) groups excluding carboxylic acids is 1. The van der Waals surface area contributed by atoms with Crippen LogP contribution in [-0.4, -0.2) is 25.2 Å². The summed E-state index contributed by atoms with van der Waals surface area (Å²) < 4.78 is 36.8. The molecule has 1 rings (SSSR count). The van der Waals surface area contributed by atoms with Gasteiger partial charge in [0.1, 0.15) is 11.6 Å². The summed E-state index contributed by atoms with van der Waals surface area (Å²) in [7, 11) is -3.49. The third-order valence-electron chi connectivity index (χ3n) is 2.98. The predicted molar refractivity (Wildman–Crippen MR) is 68.8 cm³/mol. The second-order valence-corrected chi connectivity index (χ2v) is 7.05. The molecular formula is C13H17FO3S. The number of hydrogen-bond donors (Lipinski definition) is 0. The molecule has 0 aliphatic heterocycles. The second-order valence-electron chi connectivity index (χ2n) is 4.69. The van der Waals surface area contributed by atoms with E-state index in [1.165, 1.54) is 18.2 Å². The topological polar surface area (TPSA) is 51.2 Å². The Bertz CT molecular complexity index is 535. The third-order valence-corrected chi connectivity index (χ3v) is 5.33. The smallest absolute Gasteiger partial charge is 0.177 e. The molecule has 0 aliphatic rings. The zero-order valence-electron chi connectivity index (χ0n) is 10.7. The largest absolute Gasteiger partial charge is 0.293 e. The van der Waals surface area contributed by atoms with Gasteiger partial charge in [0, 0.05) is 5.56 Å². The molecule has 0 radical (unpaired) electrons. The van der Waals surface area contributed by atoms with Gasteiger partial charge in [-0.1, -0.05) is 26.0 Å². The van der Waals surface area contributed by atoms with Crippen LogP contribution in [0.2, 0.25) is 0 Å². The van der Waals surface area contributed by atoms with Crippen molar-refractivity contribution in [2.75, 3.05) is 5.75 Å². The zero-order chi connectivity index (χ0) is 13.9. The fraction of sp³-hybridized carbons (Fsp3) is 0.462. The van der Waals surface area contributed by atoms with Crippen LogP contribution in [0, 0.1) is 11.7 Å². The fourth-order valence-electron chi connectivity index (χ4n) is 1.47. The van der Waals surface area contributed by atoms with E-state index in [0.717, 1.165) is 6.07 Å². The summed E-state index contributed by atoms with van der Waals surface area (Å²) in [6.07, 6.45) is 0. The number of halogens is 1. The lowest BCUT2D eigenvalue weighted by Crippen LogP contribution is -2.29. The Balaban J connectivity index is 2.89. The van der Waals surface area contributed by atoms with E-state index in [1.807, 2.05) is 0 Å². The Labute approximate surface area is 107 Å². The highest BCUT2D eigenvalue weighted by molar-refractivity contribution is 7.92. The highest BCUT2D eigenvalue weighted by Crippen LogP contribution is 2.14. The molecule has 1 aromatic carbocycles. The lowest BCUT2D eigenvalue weighted by Gasteiger charge is -2.15. The van der Waals surface area contributed by atoms with Crippen molar-refractivity contribution < 1.29 is 17.6 Å². The first-order chi connectivity index (χ1) is 8.24. The molecule has 0 spiro atoms. The van der Waals surface area contributed by atoms with Crippen LogP contribution in [-0.2, 0) is 9.84 Å².